The van der Waals surface area contributed by atoms with Gasteiger partial charge in [0, 0.05) is 0 Å². The van der Waals surface area contributed by atoms with Crippen molar-refractivity contribution in [2.24, 2.45) is 0 Å². The van der Waals surface area contributed by atoms with Gasteiger partial charge in [-0.25, -0.2) is 9.78 Å². The van der Waals surface area contributed by atoms with Gasteiger partial charge in [-0.1, -0.05) is 100 Å². The number of aromatic amines is 3. The lowest BCUT2D eigenvalue weighted by molar-refractivity contribution is -0.929. The van der Waals surface area contributed by atoms with Crippen molar-refractivity contribution in [1.29, 1.82) is 0 Å². The Bertz CT molecular complexity index is 1280. The Balaban J connectivity index is 0.000000225. The van der Waals surface area contributed by atoms with Crippen LogP contribution in [0.4, 0.5) is 0 Å². The summed E-state index contributed by atoms with van der Waals surface area (Å²) in [5, 5.41) is 12.1. The summed E-state index contributed by atoms with van der Waals surface area (Å²) < 4.78 is 2.94. The molecular formula is C26H39N5O4S4. The Hall–Kier alpha value is -1.54. The predicted octanol–water partition coefficient (Wildman–Crippen LogP) is 5.45. The van der Waals surface area contributed by atoms with Crippen LogP contribution in [0.15, 0.2) is 42.7 Å². The molecule has 0 aromatic carbocycles. The number of H-pyrrole nitrogens is 3. The maximum absolute atomic E-state index is 11.8. The second-order valence-electron chi connectivity index (χ2n) is 9.71. The molecule has 3 N–H and O–H groups in total. The summed E-state index contributed by atoms with van der Waals surface area (Å²) in [6.07, 6.45) is 11.1. The van der Waals surface area contributed by atoms with Crippen LogP contribution in [0.25, 0.3) is 0 Å². The first-order valence-electron chi connectivity index (χ1n) is 13.7. The molecule has 0 atom stereocenters. The maximum atomic E-state index is 11.8. The molecule has 0 unspecified atom stereocenters. The van der Waals surface area contributed by atoms with E-state index in [9.17, 15) is 19.5 Å². The van der Waals surface area contributed by atoms with Gasteiger partial charge < -0.3 is 19.6 Å². The normalized spacial score (nSPS) is 16.1. The van der Waals surface area contributed by atoms with Gasteiger partial charge in [-0.3, -0.25) is 14.6 Å². The molecule has 2 aliphatic heterocycles. The van der Waals surface area contributed by atoms with Gasteiger partial charge in [0.2, 0.25) is 0 Å². The van der Waals surface area contributed by atoms with Crippen LogP contribution < -0.4 is 21.9 Å². The molecule has 2 aromatic heterocycles. The first-order valence-corrected chi connectivity index (χ1v) is 17.0. The van der Waals surface area contributed by atoms with E-state index in [4.69, 9.17) is 0 Å². The number of hydrogen-bond donors (Lipinski definition) is 3. The molecule has 0 saturated carbocycles. The largest absolute Gasteiger partial charge is 0.846 e. The minimum Gasteiger partial charge on any atom is -0.846 e. The van der Waals surface area contributed by atoms with E-state index < -0.39 is 22.8 Å². The van der Waals surface area contributed by atoms with Crippen LogP contribution in [0.3, 0.4) is 0 Å². The SMILES string of the molecule is CCCC[N+](CCCC)(CCCC)CCCC.O=c1[nH]c2c(c(=O)[nH]1)S/C(=C1\Sc3nc([O-])[nH]c(=O)c3S1)S2. The molecule has 39 heavy (non-hydrogen) atoms. The van der Waals surface area contributed by atoms with Crippen molar-refractivity contribution in [3.05, 3.63) is 39.7 Å². The average molecular weight is 614 g/mol. The number of fused-ring (bicyclic) bond motifs is 2. The lowest BCUT2D eigenvalue weighted by Gasteiger charge is -2.39. The van der Waals surface area contributed by atoms with E-state index in [0.717, 1.165) is 8.47 Å². The Morgan fingerprint density at radius 2 is 1.15 bits per heavy atom. The van der Waals surface area contributed by atoms with E-state index in [0.29, 0.717) is 19.8 Å². The fraction of sp³-hybridized carbons (Fsp3) is 0.615. The lowest BCUT2D eigenvalue weighted by atomic mass is 10.1. The minimum absolute atomic E-state index is 0.362. The van der Waals surface area contributed by atoms with E-state index in [1.807, 2.05) is 0 Å². The van der Waals surface area contributed by atoms with Crippen LogP contribution in [-0.4, -0.2) is 50.6 Å². The van der Waals surface area contributed by atoms with Crippen LogP contribution in [0, 0.1) is 0 Å². The second-order valence-corrected chi connectivity index (χ2v) is 14.3. The van der Waals surface area contributed by atoms with E-state index in [1.54, 1.807) is 0 Å². The second kappa shape index (κ2) is 15.5. The monoisotopic (exact) mass is 613 g/mol. The Labute approximate surface area is 246 Å². The van der Waals surface area contributed by atoms with Gasteiger partial charge >= 0.3 is 5.69 Å². The van der Waals surface area contributed by atoms with Crippen molar-refractivity contribution < 1.29 is 9.59 Å². The van der Waals surface area contributed by atoms with Crippen molar-refractivity contribution in [3.63, 3.8) is 0 Å². The fourth-order valence-corrected chi connectivity index (χ4v) is 9.51. The first-order chi connectivity index (χ1) is 18.8. The zero-order valence-corrected chi connectivity index (χ0v) is 26.4. The smallest absolute Gasteiger partial charge is 0.326 e. The zero-order valence-electron chi connectivity index (χ0n) is 23.1. The molecule has 0 saturated heterocycles. The highest BCUT2D eigenvalue weighted by Gasteiger charge is 2.31. The van der Waals surface area contributed by atoms with Crippen LogP contribution in [-0.2, 0) is 0 Å². The molecule has 0 fully saturated rings. The van der Waals surface area contributed by atoms with Crippen molar-refractivity contribution in [2.75, 3.05) is 26.2 Å². The van der Waals surface area contributed by atoms with E-state index >= 15 is 0 Å². The maximum Gasteiger partial charge on any atom is 0.326 e. The van der Waals surface area contributed by atoms with Gasteiger partial charge in [0.1, 0.15) is 19.8 Å². The molecule has 0 bridgehead atoms. The summed E-state index contributed by atoms with van der Waals surface area (Å²) in [5.41, 5.74) is -1.48. The number of rotatable bonds is 12. The van der Waals surface area contributed by atoms with E-state index in [2.05, 4.69) is 47.6 Å². The number of nitrogens with zero attached hydrogens (tertiary/aromatic N) is 2. The van der Waals surface area contributed by atoms with Gasteiger partial charge in [-0.15, -0.1) is 0 Å². The summed E-state index contributed by atoms with van der Waals surface area (Å²) in [7, 11) is 0. The summed E-state index contributed by atoms with van der Waals surface area (Å²) in [5.74, 6) is 0. The molecule has 0 radical (unpaired) electrons. The van der Waals surface area contributed by atoms with E-state index in [1.165, 1.54) is 129 Å². The van der Waals surface area contributed by atoms with Crippen LogP contribution in [0.5, 0.6) is 6.01 Å². The first kappa shape index (κ1) is 32.0. The van der Waals surface area contributed by atoms with Crippen LogP contribution in [0.1, 0.15) is 79.1 Å². The lowest BCUT2D eigenvalue weighted by Crippen LogP contribution is -2.50. The molecular weight excluding hydrogens is 575 g/mol. The number of hydrogen-bond acceptors (Lipinski definition) is 9. The van der Waals surface area contributed by atoms with Gasteiger partial charge in [-0.05, 0) is 25.7 Å². The number of unbranched alkanes of at least 4 members (excludes halogenated alkanes) is 4. The highest BCUT2D eigenvalue weighted by molar-refractivity contribution is 8.30. The zero-order chi connectivity index (χ0) is 28.4. The number of quaternary nitrogens is 1. The Morgan fingerprint density at radius 3 is 1.69 bits per heavy atom. The fourth-order valence-electron chi connectivity index (χ4n) is 4.42. The van der Waals surface area contributed by atoms with E-state index in [-0.39, 0.29) is 0 Å². The standard InChI is InChI=1S/C16H36N.C10H4N4O4S4/c1-5-9-13-17(14-10-6-2,15-11-7-3)16-12-8-4;15-3-1-5(13-9(17)11-3)21-7(19-1)8-20-2-4(16)12-10(18)14-6(2)22-8/h5-16H2,1-4H3;(H2,11,13,15,17)(H2,12,14,16,18)/q+1;/p-1/b;8-7+. The van der Waals surface area contributed by atoms with Gasteiger partial charge in [0.15, 0.2) is 0 Å². The van der Waals surface area contributed by atoms with Crippen LogP contribution >= 0.6 is 47.0 Å². The third-order valence-electron chi connectivity index (χ3n) is 6.57. The van der Waals surface area contributed by atoms with Gasteiger partial charge in [0.25, 0.3) is 11.1 Å². The molecule has 2 aliphatic rings. The molecule has 216 valence electrons. The summed E-state index contributed by atoms with van der Waals surface area (Å²) in [6, 6.07) is -0.682. The quantitative estimate of drug-likeness (QED) is 0.211. The Morgan fingerprint density at radius 1 is 0.667 bits per heavy atom. The van der Waals surface area contributed by atoms with Crippen molar-refractivity contribution in [1.82, 2.24) is 19.9 Å². The topological polar surface area (TPSA) is 135 Å². The highest BCUT2D eigenvalue weighted by Crippen LogP contribution is 2.59. The molecule has 13 heteroatoms. The number of aromatic nitrogens is 4. The number of thioether (sulfide) groups is 4. The summed E-state index contributed by atoms with van der Waals surface area (Å²) in [6.45, 7) is 15.0. The predicted molar refractivity (Wildman–Crippen MR) is 162 cm³/mol. The molecule has 9 nitrogen and oxygen atoms in total. The van der Waals surface area contributed by atoms with Crippen LogP contribution in [0.2, 0.25) is 0 Å². The third kappa shape index (κ3) is 8.72. The molecule has 0 amide bonds. The highest BCUT2D eigenvalue weighted by atomic mass is 32.2. The third-order valence-corrected chi connectivity index (χ3v) is 12.1. The molecule has 0 aliphatic carbocycles. The molecule has 4 rings (SSSR count). The van der Waals surface area contributed by atoms with Gasteiger partial charge in [-0.2, -0.15) is 0 Å². The minimum atomic E-state index is -0.682. The van der Waals surface area contributed by atoms with Crippen molar-refractivity contribution in [3.8, 4) is 6.01 Å². The van der Waals surface area contributed by atoms with Crippen molar-refractivity contribution in [2.45, 2.75) is 98.9 Å². The Kier molecular flexibility index (Phi) is 12.7. The molecule has 0 spiro atoms. The summed E-state index contributed by atoms with van der Waals surface area (Å²) >= 11 is 4.88. The van der Waals surface area contributed by atoms with Crippen molar-refractivity contribution >= 4 is 47.0 Å². The molecule has 2 aromatic rings. The average Bonchev–Trinajstić information content (AvgIpc) is 3.53. The molecule has 4 heterocycles. The summed E-state index contributed by atoms with van der Waals surface area (Å²) in [4.78, 5) is 46.2. The van der Waals surface area contributed by atoms with Gasteiger partial charge in [0.05, 0.1) is 40.7 Å². The number of nitrogens with one attached hydrogen (secondary N) is 3.